The molecule has 1 aromatic heterocycles. The number of benzene rings is 1. The summed E-state index contributed by atoms with van der Waals surface area (Å²) in [6.45, 7) is 7.08. The predicted molar refractivity (Wildman–Crippen MR) is 77.8 cm³/mol. The Morgan fingerprint density at radius 2 is 1.95 bits per heavy atom. The molecule has 20 heavy (non-hydrogen) atoms. The van der Waals surface area contributed by atoms with Crippen molar-refractivity contribution in [1.29, 1.82) is 0 Å². The summed E-state index contributed by atoms with van der Waals surface area (Å²) in [5, 5.41) is 0. The van der Waals surface area contributed by atoms with Crippen LogP contribution in [0.5, 0.6) is 0 Å². The number of aromatic nitrogens is 1. The standard InChI is InChI=1S/C16H21FN2O/c1-3-5-10-19(4-2)12-16-18-11-15(20-16)13-6-8-14(17)9-7-13/h6-9,11H,3-5,10,12H2,1-2H3. The Bertz CT molecular complexity index is 522. The molecule has 0 saturated heterocycles. The van der Waals surface area contributed by atoms with Crippen LogP contribution in [0.1, 0.15) is 32.6 Å². The molecule has 0 atom stereocenters. The summed E-state index contributed by atoms with van der Waals surface area (Å²) < 4.78 is 18.6. The molecule has 0 saturated carbocycles. The quantitative estimate of drug-likeness (QED) is 0.762. The van der Waals surface area contributed by atoms with Gasteiger partial charge in [-0.3, -0.25) is 4.90 Å². The van der Waals surface area contributed by atoms with Gasteiger partial charge in [0.1, 0.15) is 5.82 Å². The van der Waals surface area contributed by atoms with Gasteiger partial charge in [0.2, 0.25) is 5.89 Å². The Morgan fingerprint density at radius 3 is 2.60 bits per heavy atom. The molecule has 2 aromatic rings. The van der Waals surface area contributed by atoms with Crippen molar-refractivity contribution in [2.45, 2.75) is 33.2 Å². The Hall–Kier alpha value is -1.68. The van der Waals surface area contributed by atoms with Crippen LogP contribution in [-0.2, 0) is 6.54 Å². The van der Waals surface area contributed by atoms with E-state index in [1.807, 2.05) is 0 Å². The number of halogens is 1. The third-order valence-electron chi connectivity index (χ3n) is 3.32. The first kappa shape index (κ1) is 14.7. The monoisotopic (exact) mass is 276 g/mol. The zero-order chi connectivity index (χ0) is 14.4. The minimum Gasteiger partial charge on any atom is -0.439 e. The van der Waals surface area contributed by atoms with Crippen LogP contribution in [0, 0.1) is 5.82 Å². The van der Waals surface area contributed by atoms with Crippen molar-refractivity contribution in [1.82, 2.24) is 9.88 Å². The van der Waals surface area contributed by atoms with Crippen LogP contribution in [0.25, 0.3) is 11.3 Å². The molecule has 108 valence electrons. The van der Waals surface area contributed by atoms with Crippen molar-refractivity contribution in [2.75, 3.05) is 13.1 Å². The topological polar surface area (TPSA) is 29.3 Å². The van der Waals surface area contributed by atoms with Crippen molar-refractivity contribution >= 4 is 0 Å². The summed E-state index contributed by atoms with van der Waals surface area (Å²) in [5.74, 6) is 1.15. The summed E-state index contributed by atoms with van der Waals surface area (Å²) in [6, 6.07) is 6.26. The van der Waals surface area contributed by atoms with Crippen LogP contribution in [0.2, 0.25) is 0 Å². The summed E-state index contributed by atoms with van der Waals surface area (Å²) >= 11 is 0. The van der Waals surface area contributed by atoms with Crippen LogP contribution in [-0.4, -0.2) is 23.0 Å². The van der Waals surface area contributed by atoms with Gasteiger partial charge in [-0.1, -0.05) is 20.3 Å². The van der Waals surface area contributed by atoms with Gasteiger partial charge in [0.25, 0.3) is 0 Å². The Labute approximate surface area is 119 Å². The lowest BCUT2D eigenvalue weighted by Crippen LogP contribution is -2.24. The fourth-order valence-electron chi connectivity index (χ4n) is 2.05. The summed E-state index contributed by atoms with van der Waals surface area (Å²) in [6.07, 6.45) is 4.07. The molecule has 2 rings (SSSR count). The molecule has 3 nitrogen and oxygen atoms in total. The van der Waals surface area contributed by atoms with Crippen LogP contribution in [0.3, 0.4) is 0 Å². The highest BCUT2D eigenvalue weighted by Crippen LogP contribution is 2.21. The number of rotatable bonds is 7. The SMILES string of the molecule is CCCCN(CC)Cc1ncc(-c2ccc(F)cc2)o1. The van der Waals surface area contributed by atoms with Crippen LogP contribution >= 0.6 is 0 Å². The Balaban J connectivity index is 2.02. The lowest BCUT2D eigenvalue weighted by Gasteiger charge is -2.17. The average molecular weight is 276 g/mol. The molecule has 0 spiro atoms. The highest BCUT2D eigenvalue weighted by Gasteiger charge is 2.10. The van der Waals surface area contributed by atoms with E-state index in [2.05, 4.69) is 23.7 Å². The van der Waals surface area contributed by atoms with E-state index in [4.69, 9.17) is 4.42 Å². The molecule has 0 bridgehead atoms. The molecule has 0 aliphatic carbocycles. The molecule has 4 heteroatoms. The van der Waals surface area contributed by atoms with Gasteiger partial charge in [0.15, 0.2) is 5.76 Å². The van der Waals surface area contributed by atoms with Gasteiger partial charge >= 0.3 is 0 Å². The largest absolute Gasteiger partial charge is 0.439 e. The van der Waals surface area contributed by atoms with Crippen molar-refractivity contribution in [3.05, 3.63) is 42.2 Å². The maximum Gasteiger partial charge on any atom is 0.209 e. The van der Waals surface area contributed by atoms with Crippen molar-refractivity contribution in [3.63, 3.8) is 0 Å². The summed E-state index contributed by atoms with van der Waals surface area (Å²) in [4.78, 5) is 6.62. The molecule has 1 heterocycles. The summed E-state index contributed by atoms with van der Waals surface area (Å²) in [7, 11) is 0. The van der Waals surface area contributed by atoms with E-state index < -0.39 is 0 Å². The van der Waals surface area contributed by atoms with Crippen molar-refractivity contribution in [3.8, 4) is 11.3 Å². The van der Waals surface area contributed by atoms with Crippen molar-refractivity contribution < 1.29 is 8.81 Å². The second-order valence-corrected chi connectivity index (χ2v) is 4.85. The van der Waals surface area contributed by atoms with E-state index in [9.17, 15) is 4.39 Å². The van der Waals surface area contributed by atoms with Gasteiger partial charge in [-0.25, -0.2) is 9.37 Å². The van der Waals surface area contributed by atoms with Crippen LogP contribution in [0.4, 0.5) is 4.39 Å². The fourth-order valence-corrected chi connectivity index (χ4v) is 2.05. The van der Waals surface area contributed by atoms with E-state index in [-0.39, 0.29) is 5.82 Å². The molecule has 0 radical (unpaired) electrons. The van der Waals surface area contributed by atoms with Gasteiger partial charge in [0.05, 0.1) is 12.7 Å². The predicted octanol–water partition coefficient (Wildman–Crippen LogP) is 4.10. The number of nitrogens with zero attached hydrogens (tertiary/aromatic N) is 2. The van der Waals surface area contributed by atoms with Gasteiger partial charge in [-0.2, -0.15) is 0 Å². The second kappa shape index (κ2) is 7.20. The van der Waals surface area contributed by atoms with E-state index in [0.717, 1.165) is 25.2 Å². The van der Waals surface area contributed by atoms with E-state index >= 15 is 0 Å². The number of hydrogen-bond acceptors (Lipinski definition) is 3. The highest BCUT2D eigenvalue weighted by molar-refractivity contribution is 5.55. The molecular formula is C16H21FN2O. The Kier molecular flexibility index (Phi) is 5.30. The normalized spacial score (nSPS) is 11.2. The molecule has 0 fully saturated rings. The minimum absolute atomic E-state index is 0.245. The zero-order valence-electron chi connectivity index (χ0n) is 12.1. The first-order valence-electron chi connectivity index (χ1n) is 7.16. The molecule has 0 amide bonds. The lowest BCUT2D eigenvalue weighted by atomic mass is 10.2. The molecule has 0 aliphatic rings. The van der Waals surface area contributed by atoms with E-state index in [1.165, 1.54) is 25.0 Å². The average Bonchev–Trinajstić information content (AvgIpc) is 2.92. The zero-order valence-corrected chi connectivity index (χ0v) is 12.1. The summed E-state index contributed by atoms with van der Waals surface area (Å²) in [5.41, 5.74) is 0.849. The molecule has 0 aliphatic heterocycles. The third kappa shape index (κ3) is 3.90. The van der Waals surface area contributed by atoms with Gasteiger partial charge in [-0.15, -0.1) is 0 Å². The fraction of sp³-hybridized carbons (Fsp3) is 0.438. The maximum atomic E-state index is 12.9. The molecule has 0 unspecified atom stereocenters. The molecule has 0 N–H and O–H groups in total. The van der Waals surface area contributed by atoms with Crippen molar-refractivity contribution in [2.24, 2.45) is 0 Å². The van der Waals surface area contributed by atoms with Gasteiger partial charge in [0, 0.05) is 5.56 Å². The second-order valence-electron chi connectivity index (χ2n) is 4.85. The first-order chi connectivity index (χ1) is 9.72. The number of oxazole rings is 1. The van der Waals surface area contributed by atoms with E-state index in [1.54, 1.807) is 18.3 Å². The minimum atomic E-state index is -0.245. The maximum absolute atomic E-state index is 12.9. The number of unbranched alkanes of at least 4 members (excludes halogenated alkanes) is 1. The van der Waals surface area contributed by atoms with Gasteiger partial charge < -0.3 is 4.42 Å². The van der Waals surface area contributed by atoms with E-state index in [0.29, 0.717) is 11.7 Å². The Morgan fingerprint density at radius 1 is 1.20 bits per heavy atom. The number of hydrogen-bond donors (Lipinski definition) is 0. The smallest absolute Gasteiger partial charge is 0.209 e. The highest BCUT2D eigenvalue weighted by atomic mass is 19.1. The molecular weight excluding hydrogens is 255 g/mol. The first-order valence-corrected chi connectivity index (χ1v) is 7.16. The third-order valence-corrected chi connectivity index (χ3v) is 3.32. The molecule has 1 aromatic carbocycles. The van der Waals surface area contributed by atoms with Gasteiger partial charge in [-0.05, 0) is 43.8 Å². The lowest BCUT2D eigenvalue weighted by molar-refractivity contribution is 0.248. The van der Waals surface area contributed by atoms with Crippen LogP contribution in [0.15, 0.2) is 34.9 Å². The van der Waals surface area contributed by atoms with Crippen LogP contribution < -0.4 is 0 Å².